The van der Waals surface area contributed by atoms with Gasteiger partial charge >= 0.3 is 0 Å². The van der Waals surface area contributed by atoms with E-state index in [9.17, 15) is 15.0 Å². The number of benzene rings is 2. The fraction of sp³-hybridized carbons (Fsp3) is 0. The van der Waals surface area contributed by atoms with Gasteiger partial charge in [0.05, 0.1) is 0 Å². The molecule has 0 aliphatic carbocycles. The van der Waals surface area contributed by atoms with Crippen molar-refractivity contribution < 1.29 is 10.2 Å². The minimum atomic E-state index is -0.215. The lowest BCUT2D eigenvalue weighted by Crippen LogP contribution is -2.01. The summed E-state index contributed by atoms with van der Waals surface area (Å²) in [7, 11) is 0. The van der Waals surface area contributed by atoms with Crippen LogP contribution in [0.15, 0.2) is 53.5 Å². The van der Waals surface area contributed by atoms with Gasteiger partial charge in [0.1, 0.15) is 11.5 Å². The molecule has 4 heteroatoms. The van der Waals surface area contributed by atoms with Crippen LogP contribution in [0.1, 0.15) is 0 Å². The van der Waals surface area contributed by atoms with Gasteiger partial charge in [-0.25, -0.2) is 0 Å². The van der Waals surface area contributed by atoms with Gasteiger partial charge in [-0.15, -0.1) is 0 Å². The summed E-state index contributed by atoms with van der Waals surface area (Å²) in [6, 6.07) is 11.5. The van der Waals surface area contributed by atoms with Crippen molar-refractivity contribution in [2.24, 2.45) is 0 Å². The number of phenols is 2. The van der Waals surface area contributed by atoms with Gasteiger partial charge in [0.2, 0.25) is 5.56 Å². The maximum atomic E-state index is 11.0. The van der Waals surface area contributed by atoms with E-state index in [0.29, 0.717) is 21.9 Å². The molecule has 0 spiro atoms. The second-order valence-electron chi connectivity index (χ2n) is 4.28. The van der Waals surface area contributed by atoms with Crippen LogP contribution >= 0.6 is 0 Å². The molecule has 0 bridgehead atoms. The molecule has 0 unspecified atom stereocenters. The van der Waals surface area contributed by atoms with Crippen LogP contribution in [0, 0.1) is 0 Å². The van der Waals surface area contributed by atoms with Crippen LogP contribution in [0.5, 0.6) is 11.5 Å². The highest BCUT2D eigenvalue weighted by atomic mass is 16.3. The predicted molar refractivity (Wildman–Crippen MR) is 73.3 cm³/mol. The number of hydrogen-bond donors (Lipinski definition) is 3. The van der Waals surface area contributed by atoms with Gasteiger partial charge in [-0.1, -0.05) is 24.3 Å². The standard InChI is InChI=1S/C15H11NO3/c17-13-7-12(9-5-6-14(18)16-8-9)15(19)11-4-2-1-3-10(11)13/h1-8,17,19H,(H,16,18). The minimum Gasteiger partial charge on any atom is -0.507 e. The van der Waals surface area contributed by atoms with E-state index >= 15 is 0 Å². The third kappa shape index (κ3) is 1.83. The first kappa shape index (κ1) is 11.3. The van der Waals surface area contributed by atoms with Gasteiger partial charge in [-0.2, -0.15) is 0 Å². The van der Waals surface area contributed by atoms with E-state index < -0.39 is 0 Å². The van der Waals surface area contributed by atoms with Crippen molar-refractivity contribution in [2.75, 3.05) is 0 Å². The third-order valence-electron chi connectivity index (χ3n) is 3.09. The van der Waals surface area contributed by atoms with Crippen molar-refractivity contribution >= 4 is 10.8 Å². The number of hydrogen-bond acceptors (Lipinski definition) is 3. The van der Waals surface area contributed by atoms with E-state index in [1.54, 1.807) is 30.3 Å². The Kier molecular flexibility index (Phi) is 2.49. The Morgan fingerprint density at radius 3 is 2.37 bits per heavy atom. The number of H-pyrrole nitrogens is 1. The summed E-state index contributed by atoms with van der Waals surface area (Å²) in [5, 5.41) is 21.5. The Morgan fingerprint density at radius 2 is 1.68 bits per heavy atom. The number of nitrogens with one attached hydrogen (secondary N) is 1. The number of phenolic OH excluding ortho intramolecular Hbond substituents is 2. The summed E-state index contributed by atoms with van der Waals surface area (Å²) >= 11 is 0. The molecule has 94 valence electrons. The van der Waals surface area contributed by atoms with Crippen LogP contribution in [0.2, 0.25) is 0 Å². The van der Waals surface area contributed by atoms with Crippen LogP contribution < -0.4 is 5.56 Å². The second kappa shape index (κ2) is 4.17. The van der Waals surface area contributed by atoms with Crippen LogP contribution in [-0.2, 0) is 0 Å². The summed E-state index contributed by atoms with van der Waals surface area (Å²) in [5.74, 6) is 0.176. The quantitative estimate of drug-likeness (QED) is 0.584. The number of rotatable bonds is 1. The predicted octanol–water partition coefficient (Wildman–Crippen LogP) is 2.61. The Morgan fingerprint density at radius 1 is 0.947 bits per heavy atom. The normalized spacial score (nSPS) is 10.7. The van der Waals surface area contributed by atoms with E-state index in [-0.39, 0.29) is 17.1 Å². The zero-order chi connectivity index (χ0) is 13.4. The summed E-state index contributed by atoms with van der Waals surface area (Å²) in [5.41, 5.74) is 0.902. The van der Waals surface area contributed by atoms with Gasteiger partial charge in [0, 0.05) is 34.2 Å². The van der Waals surface area contributed by atoms with Crippen LogP contribution in [0.25, 0.3) is 21.9 Å². The van der Waals surface area contributed by atoms with Gasteiger partial charge in [-0.3, -0.25) is 4.79 Å². The first-order valence-electron chi connectivity index (χ1n) is 5.79. The maximum Gasteiger partial charge on any atom is 0.247 e. The van der Waals surface area contributed by atoms with E-state index in [2.05, 4.69) is 4.98 Å². The highest BCUT2D eigenvalue weighted by Crippen LogP contribution is 2.40. The van der Waals surface area contributed by atoms with E-state index in [0.717, 1.165) is 0 Å². The smallest absolute Gasteiger partial charge is 0.247 e. The van der Waals surface area contributed by atoms with Gasteiger partial charge in [0.25, 0.3) is 0 Å². The molecule has 0 atom stereocenters. The van der Waals surface area contributed by atoms with Crippen LogP contribution in [0.4, 0.5) is 0 Å². The van der Waals surface area contributed by atoms with Gasteiger partial charge in [0.15, 0.2) is 0 Å². The van der Waals surface area contributed by atoms with Crippen molar-refractivity contribution in [2.45, 2.75) is 0 Å². The average molecular weight is 253 g/mol. The Balaban J connectivity index is 2.33. The number of fused-ring (bicyclic) bond motifs is 1. The number of aromatic nitrogens is 1. The van der Waals surface area contributed by atoms with Crippen LogP contribution in [-0.4, -0.2) is 15.2 Å². The fourth-order valence-corrected chi connectivity index (χ4v) is 2.14. The van der Waals surface area contributed by atoms with Gasteiger partial charge < -0.3 is 15.2 Å². The highest BCUT2D eigenvalue weighted by Gasteiger charge is 2.12. The minimum absolute atomic E-state index is 0.0837. The Labute approximate surface area is 108 Å². The monoisotopic (exact) mass is 253 g/mol. The molecule has 2 aromatic carbocycles. The molecule has 0 saturated carbocycles. The second-order valence-corrected chi connectivity index (χ2v) is 4.28. The molecule has 3 rings (SSSR count). The highest BCUT2D eigenvalue weighted by molar-refractivity contribution is 5.98. The van der Waals surface area contributed by atoms with E-state index in [4.69, 9.17) is 0 Å². The Bertz CT molecular complexity index is 801. The summed E-state index contributed by atoms with van der Waals surface area (Å²) < 4.78 is 0. The lowest BCUT2D eigenvalue weighted by molar-refractivity contribution is 0.471. The first-order valence-corrected chi connectivity index (χ1v) is 5.79. The average Bonchev–Trinajstić information content (AvgIpc) is 2.44. The number of aromatic hydroxyl groups is 2. The van der Waals surface area contributed by atoms with Crippen molar-refractivity contribution in [3.8, 4) is 22.6 Å². The lowest BCUT2D eigenvalue weighted by atomic mass is 10.00. The summed E-state index contributed by atoms with van der Waals surface area (Å²) in [6.45, 7) is 0. The van der Waals surface area contributed by atoms with Gasteiger partial charge in [-0.05, 0) is 12.1 Å². The van der Waals surface area contributed by atoms with E-state index in [1.807, 2.05) is 0 Å². The molecular formula is C15H11NO3. The maximum absolute atomic E-state index is 11.0. The largest absolute Gasteiger partial charge is 0.507 e. The lowest BCUT2D eigenvalue weighted by Gasteiger charge is -2.09. The number of aromatic amines is 1. The molecule has 0 fully saturated rings. The molecule has 3 N–H and O–H groups in total. The van der Waals surface area contributed by atoms with Crippen molar-refractivity contribution in [3.05, 3.63) is 59.0 Å². The molecule has 0 aliphatic rings. The first-order chi connectivity index (χ1) is 9.16. The molecular weight excluding hydrogens is 242 g/mol. The molecule has 1 heterocycles. The third-order valence-corrected chi connectivity index (χ3v) is 3.09. The molecule has 0 radical (unpaired) electrons. The molecule has 0 saturated heterocycles. The summed E-state index contributed by atoms with van der Waals surface area (Å²) in [4.78, 5) is 13.6. The van der Waals surface area contributed by atoms with Crippen molar-refractivity contribution in [3.63, 3.8) is 0 Å². The molecule has 3 aromatic rings. The van der Waals surface area contributed by atoms with Crippen molar-refractivity contribution in [1.82, 2.24) is 4.98 Å². The topological polar surface area (TPSA) is 73.3 Å². The zero-order valence-electron chi connectivity index (χ0n) is 9.92. The molecule has 0 amide bonds. The molecule has 0 aliphatic heterocycles. The van der Waals surface area contributed by atoms with E-state index in [1.165, 1.54) is 18.3 Å². The van der Waals surface area contributed by atoms with Crippen molar-refractivity contribution in [1.29, 1.82) is 0 Å². The molecule has 4 nitrogen and oxygen atoms in total. The zero-order valence-corrected chi connectivity index (χ0v) is 9.92. The Hall–Kier alpha value is -2.75. The molecule has 1 aromatic heterocycles. The summed E-state index contributed by atoms with van der Waals surface area (Å²) in [6.07, 6.45) is 1.51. The fourth-order valence-electron chi connectivity index (χ4n) is 2.14. The number of pyridine rings is 1. The SMILES string of the molecule is O=c1ccc(-c2cc(O)c3ccccc3c2O)c[nH]1. The molecule has 19 heavy (non-hydrogen) atoms. The van der Waals surface area contributed by atoms with Crippen LogP contribution in [0.3, 0.4) is 0 Å².